The summed E-state index contributed by atoms with van der Waals surface area (Å²) in [5.41, 5.74) is 1.48. The lowest BCUT2D eigenvalue weighted by atomic mass is 10.1. The molecule has 0 fully saturated rings. The normalized spacial score (nSPS) is 10.6. The Bertz CT molecular complexity index is 1080. The van der Waals surface area contributed by atoms with Gasteiger partial charge in [-0.3, -0.25) is 9.59 Å². The van der Waals surface area contributed by atoms with E-state index in [0.717, 1.165) is 28.8 Å². The van der Waals surface area contributed by atoms with Gasteiger partial charge >= 0.3 is 5.97 Å². The third-order valence-electron chi connectivity index (χ3n) is 3.97. The molecule has 9 nitrogen and oxygen atoms in total. The zero-order chi connectivity index (χ0) is 21.7. The molecule has 3 aromatic rings. The fourth-order valence-corrected chi connectivity index (χ4v) is 4.48. The van der Waals surface area contributed by atoms with Crippen molar-refractivity contribution in [2.24, 2.45) is 0 Å². The highest BCUT2D eigenvalue weighted by Crippen LogP contribution is 2.34. The summed E-state index contributed by atoms with van der Waals surface area (Å²) in [5.74, 6) is -1.10. The minimum Gasteiger partial charge on any atom is -0.462 e. The number of carbonyl (C=O) groups excluding carboxylic acids is 3. The molecular weight excluding hydrogens is 426 g/mol. The van der Waals surface area contributed by atoms with E-state index in [1.165, 1.54) is 11.6 Å². The number of nitrogens with one attached hydrogen (secondary N) is 1. The third kappa shape index (κ3) is 4.74. The Kier molecular flexibility index (Phi) is 6.95. The Morgan fingerprint density at radius 2 is 1.97 bits per heavy atom. The SMILES string of the molecule is CCOC(=O)c1c(NC(=O)CSc2nnnn2-c2ccccc2)sc(C(C)=O)c1C. The molecule has 0 atom stereocenters. The van der Waals surface area contributed by atoms with Crippen LogP contribution >= 0.6 is 23.1 Å². The van der Waals surface area contributed by atoms with Crippen LogP contribution in [0.25, 0.3) is 5.69 Å². The maximum absolute atomic E-state index is 12.5. The molecule has 2 aromatic heterocycles. The van der Waals surface area contributed by atoms with E-state index in [1.807, 2.05) is 30.3 Å². The van der Waals surface area contributed by atoms with Crippen LogP contribution in [0.1, 0.15) is 39.4 Å². The molecule has 1 aromatic carbocycles. The predicted octanol–water partition coefficient (Wildman–Crippen LogP) is 3.14. The van der Waals surface area contributed by atoms with Crippen LogP contribution in [0.15, 0.2) is 35.5 Å². The summed E-state index contributed by atoms with van der Waals surface area (Å²) in [7, 11) is 0. The summed E-state index contributed by atoms with van der Waals surface area (Å²) in [6.07, 6.45) is 0. The van der Waals surface area contributed by atoms with Crippen molar-refractivity contribution < 1.29 is 19.1 Å². The number of amides is 1. The molecule has 1 amide bonds. The van der Waals surface area contributed by atoms with Crippen LogP contribution < -0.4 is 5.32 Å². The second-order valence-electron chi connectivity index (χ2n) is 6.08. The maximum Gasteiger partial charge on any atom is 0.341 e. The molecule has 3 rings (SSSR count). The van der Waals surface area contributed by atoms with Gasteiger partial charge in [-0.1, -0.05) is 30.0 Å². The molecular formula is C19H19N5O4S2. The van der Waals surface area contributed by atoms with Gasteiger partial charge in [0, 0.05) is 0 Å². The number of esters is 1. The number of rotatable bonds is 8. The number of para-hydroxylation sites is 1. The largest absolute Gasteiger partial charge is 0.462 e. The number of ether oxygens (including phenoxy) is 1. The van der Waals surface area contributed by atoms with Crippen LogP contribution in [-0.2, 0) is 9.53 Å². The lowest BCUT2D eigenvalue weighted by Crippen LogP contribution is -2.17. The van der Waals surface area contributed by atoms with Crippen molar-refractivity contribution in [3.8, 4) is 5.69 Å². The Hall–Kier alpha value is -3.05. The summed E-state index contributed by atoms with van der Waals surface area (Å²) in [5, 5.41) is 15.0. The van der Waals surface area contributed by atoms with Gasteiger partial charge in [-0.15, -0.1) is 16.4 Å². The minimum atomic E-state index is -0.574. The number of anilines is 1. The number of benzene rings is 1. The number of tetrazole rings is 1. The van der Waals surface area contributed by atoms with Gasteiger partial charge in [-0.05, 0) is 48.9 Å². The highest BCUT2D eigenvalue weighted by atomic mass is 32.2. The van der Waals surface area contributed by atoms with Gasteiger partial charge in [-0.2, -0.15) is 4.68 Å². The number of thioether (sulfide) groups is 1. The molecule has 0 saturated heterocycles. The van der Waals surface area contributed by atoms with Gasteiger partial charge < -0.3 is 10.1 Å². The lowest BCUT2D eigenvalue weighted by Gasteiger charge is -2.07. The first-order valence-electron chi connectivity index (χ1n) is 9.00. The van der Waals surface area contributed by atoms with Crippen molar-refractivity contribution in [1.82, 2.24) is 20.2 Å². The first-order valence-corrected chi connectivity index (χ1v) is 10.8. The van der Waals surface area contributed by atoms with Crippen molar-refractivity contribution in [3.05, 3.63) is 46.3 Å². The third-order valence-corrected chi connectivity index (χ3v) is 6.20. The zero-order valence-corrected chi connectivity index (χ0v) is 18.2. The summed E-state index contributed by atoms with van der Waals surface area (Å²) >= 11 is 2.22. The van der Waals surface area contributed by atoms with E-state index >= 15 is 0 Å². The number of hydrogen-bond acceptors (Lipinski definition) is 9. The number of thiophene rings is 1. The number of hydrogen-bond donors (Lipinski definition) is 1. The van der Waals surface area contributed by atoms with Gasteiger partial charge in [0.1, 0.15) is 5.00 Å². The lowest BCUT2D eigenvalue weighted by molar-refractivity contribution is -0.113. The van der Waals surface area contributed by atoms with E-state index in [2.05, 4.69) is 20.8 Å². The predicted molar refractivity (Wildman–Crippen MR) is 114 cm³/mol. The Balaban J connectivity index is 1.75. The van der Waals surface area contributed by atoms with Gasteiger partial charge in [-0.25, -0.2) is 4.79 Å². The summed E-state index contributed by atoms with van der Waals surface area (Å²) < 4.78 is 6.61. The molecule has 0 aliphatic heterocycles. The van der Waals surface area contributed by atoms with E-state index in [1.54, 1.807) is 13.8 Å². The molecule has 0 radical (unpaired) electrons. The molecule has 0 spiro atoms. The van der Waals surface area contributed by atoms with E-state index in [9.17, 15) is 14.4 Å². The Labute approximate surface area is 180 Å². The standard InChI is InChI=1S/C19H19N5O4S2/c1-4-28-18(27)15-11(2)16(12(3)25)30-17(15)20-14(26)10-29-19-21-22-23-24(19)13-8-6-5-7-9-13/h5-9H,4,10H2,1-3H3,(H,20,26). The monoisotopic (exact) mass is 445 g/mol. The second kappa shape index (κ2) is 9.63. The molecule has 0 aliphatic carbocycles. The summed E-state index contributed by atoms with van der Waals surface area (Å²) in [6.45, 7) is 4.96. The molecule has 2 heterocycles. The Morgan fingerprint density at radius 3 is 2.63 bits per heavy atom. The van der Waals surface area contributed by atoms with Crippen molar-refractivity contribution in [1.29, 1.82) is 0 Å². The quantitative estimate of drug-likeness (QED) is 0.319. The van der Waals surface area contributed by atoms with Gasteiger partial charge in [0.05, 0.1) is 28.5 Å². The first-order chi connectivity index (χ1) is 14.4. The van der Waals surface area contributed by atoms with E-state index in [-0.39, 0.29) is 29.6 Å². The van der Waals surface area contributed by atoms with Crippen molar-refractivity contribution in [2.75, 3.05) is 17.7 Å². The topological polar surface area (TPSA) is 116 Å². The minimum absolute atomic E-state index is 0.0157. The molecule has 0 saturated carbocycles. The van der Waals surface area contributed by atoms with Crippen molar-refractivity contribution in [2.45, 2.75) is 25.9 Å². The maximum atomic E-state index is 12.5. The molecule has 1 N–H and O–H groups in total. The van der Waals surface area contributed by atoms with Crippen LogP contribution in [0.3, 0.4) is 0 Å². The molecule has 11 heteroatoms. The molecule has 30 heavy (non-hydrogen) atoms. The number of nitrogens with zero attached hydrogens (tertiary/aromatic N) is 4. The molecule has 0 aliphatic rings. The summed E-state index contributed by atoms with van der Waals surface area (Å²) in [6, 6.07) is 9.31. The van der Waals surface area contributed by atoms with Gasteiger partial charge in [0.15, 0.2) is 5.78 Å². The molecule has 156 valence electrons. The number of Topliss-reactive ketones (excluding diaryl/α,β-unsaturated/α-hetero) is 1. The highest BCUT2D eigenvalue weighted by molar-refractivity contribution is 7.99. The first kappa shape index (κ1) is 21.7. The number of carbonyl (C=O) groups is 3. The van der Waals surface area contributed by atoms with Crippen LogP contribution in [0.2, 0.25) is 0 Å². The van der Waals surface area contributed by atoms with Crippen LogP contribution in [-0.4, -0.2) is 50.2 Å². The average Bonchev–Trinajstić information content (AvgIpc) is 3.31. The fourth-order valence-electron chi connectivity index (χ4n) is 2.68. The smallest absolute Gasteiger partial charge is 0.341 e. The molecule has 0 unspecified atom stereocenters. The number of ketones is 1. The fraction of sp³-hybridized carbons (Fsp3) is 0.263. The van der Waals surface area contributed by atoms with Crippen LogP contribution in [0, 0.1) is 6.92 Å². The van der Waals surface area contributed by atoms with E-state index in [4.69, 9.17) is 4.74 Å². The van der Waals surface area contributed by atoms with Crippen molar-refractivity contribution in [3.63, 3.8) is 0 Å². The van der Waals surface area contributed by atoms with Crippen molar-refractivity contribution >= 4 is 45.8 Å². The highest BCUT2D eigenvalue weighted by Gasteiger charge is 2.25. The molecule has 0 bridgehead atoms. The average molecular weight is 446 g/mol. The van der Waals surface area contributed by atoms with Crippen LogP contribution in [0.4, 0.5) is 5.00 Å². The Morgan fingerprint density at radius 1 is 1.23 bits per heavy atom. The van der Waals surface area contributed by atoms with E-state index < -0.39 is 5.97 Å². The number of aromatic nitrogens is 4. The van der Waals surface area contributed by atoms with Crippen LogP contribution in [0.5, 0.6) is 0 Å². The zero-order valence-electron chi connectivity index (χ0n) is 16.5. The second-order valence-corrected chi connectivity index (χ2v) is 8.05. The van der Waals surface area contributed by atoms with Gasteiger partial charge in [0.25, 0.3) is 0 Å². The summed E-state index contributed by atoms with van der Waals surface area (Å²) in [4.78, 5) is 37.2. The van der Waals surface area contributed by atoms with Gasteiger partial charge in [0.2, 0.25) is 11.1 Å². The van der Waals surface area contributed by atoms with E-state index in [0.29, 0.717) is 20.6 Å².